The first-order valence-electron chi connectivity index (χ1n) is 12.3. The van der Waals surface area contributed by atoms with Gasteiger partial charge in [-0.3, -0.25) is 0 Å². The van der Waals surface area contributed by atoms with Crippen LogP contribution < -0.4 is 15.2 Å². The van der Waals surface area contributed by atoms with Crippen molar-refractivity contribution >= 4 is 22.0 Å². The third-order valence-electron chi connectivity index (χ3n) is 6.07. The van der Waals surface area contributed by atoms with Crippen molar-refractivity contribution < 1.29 is 40.7 Å². The molecule has 3 rings (SSSR count). The van der Waals surface area contributed by atoms with E-state index in [2.05, 4.69) is 4.72 Å². The van der Waals surface area contributed by atoms with Gasteiger partial charge < -0.3 is 15.2 Å². The van der Waals surface area contributed by atoms with Gasteiger partial charge in [-0.15, -0.1) is 0 Å². The molecule has 214 valence electrons. The second kappa shape index (κ2) is 13.1. The minimum Gasteiger partial charge on any atom is -0.465 e. The topological polar surface area (TPSA) is 125 Å². The van der Waals surface area contributed by atoms with E-state index in [0.717, 1.165) is 17.7 Å². The van der Waals surface area contributed by atoms with Crippen molar-refractivity contribution in [2.24, 2.45) is 5.73 Å². The summed E-state index contributed by atoms with van der Waals surface area (Å²) in [5, 5.41) is 0. The van der Waals surface area contributed by atoms with Gasteiger partial charge in [-0.1, -0.05) is 37.3 Å². The molecule has 0 aliphatic heterocycles. The van der Waals surface area contributed by atoms with E-state index in [9.17, 15) is 31.2 Å². The standard InChI is InChI=1S/C28H29F3N2O6S/c1-3-20-8-13-23(17-24(20)26(34)38-2)40(36,37)33-15-14-18-6-11-22(12-7-18)39-27(35)25(32)16-19-4-9-21(10-5-19)28(29,30)31/h4-13,17,25,33H,3,14-16,32H2,1-2H3/t25-/m0/s1. The summed E-state index contributed by atoms with van der Waals surface area (Å²) in [6.07, 6.45) is -3.59. The van der Waals surface area contributed by atoms with Crippen molar-refractivity contribution in [1.29, 1.82) is 0 Å². The van der Waals surface area contributed by atoms with Crippen LogP contribution in [0.2, 0.25) is 0 Å². The summed E-state index contributed by atoms with van der Waals surface area (Å²) >= 11 is 0. The Morgan fingerprint density at radius 2 is 1.60 bits per heavy atom. The normalized spacial score (nSPS) is 12.6. The molecule has 0 saturated carbocycles. The van der Waals surface area contributed by atoms with E-state index >= 15 is 0 Å². The molecule has 0 fully saturated rings. The molecule has 0 amide bonds. The molecule has 0 aliphatic rings. The summed E-state index contributed by atoms with van der Waals surface area (Å²) < 4.78 is 76.1. The molecule has 40 heavy (non-hydrogen) atoms. The first kappa shape index (κ1) is 30.8. The van der Waals surface area contributed by atoms with Gasteiger partial charge in [-0.05, 0) is 72.4 Å². The molecule has 0 aliphatic carbocycles. The van der Waals surface area contributed by atoms with Crippen LogP contribution >= 0.6 is 0 Å². The molecule has 1 atom stereocenters. The molecular formula is C28H29F3N2O6S. The maximum absolute atomic E-state index is 12.7. The van der Waals surface area contributed by atoms with E-state index in [1.807, 2.05) is 6.92 Å². The summed E-state index contributed by atoms with van der Waals surface area (Å²) in [7, 11) is -2.66. The van der Waals surface area contributed by atoms with Crippen molar-refractivity contribution in [3.8, 4) is 5.75 Å². The van der Waals surface area contributed by atoms with Gasteiger partial charge in [-0.2, -0.15) is 13.2 Å². The lowest BCUT2D eigenvalue weighted by atomic mass is 10.0. The van der Waals surface area contributed by atoms with Crippen molar-refractivity contribution in [1.82, 2.24) is 4.72 Å². The molecule has 0 unspecified atom stereocenters. The van der Waals surface area contributed by atoms with Gasteiger partial charge >= 0.3 is 18.1 Å². The Morgan fingerprint density at radius 3 is 2.17 bits per heavy atom. The number of alkyl halides is 3. The number of benzene rings is 3. The zero-order valence-corrected chi connectivity index (χ0v) is 22.6. The smallest absolute Gasteiger partial charge is 0.416 e. The minimum absolute atomic E-state index is 0.00249. The number of sulfonamides is 1. The Hall–Kier alpha value is -3.74. The maximum atomic E-state index is 12.7. The molecule has 12 heteroatoms. The number of carbonyl (C=O) groups is 2. The molecule has 0 spiro atoms. The lowest BCUT2D eigenvalue weighted by Gasteiger charge is -2.13. The number of nitrogens with two attached hydrogens (primary N) is 1. The zero-order chi connectivity index (χ0) is 29.5. The number of aryl methyl sites for hydroxylation is 1. The van der Waals surface area contributed by atoms with Gasteiger partial charge in [0, 0.05) is 6.54 Å². The molecule has 3 aromatic rings. The van der Waals surface area contributed by atoms with Crippen molar-refractivity contribution in [2.75, 3.05) is 13.7 Å². The van der Waals surface area contributed by atoms with Gasteiger partial charge in [0.1, 0.15) is 11.8 Å². The molecule has 8 nitrogen and oxygen atoms in total. The summed E-state index contributed by atoms with van der Waals surface area (Å²) in [6.45, 7) is 1.92. The molecule has 0 bridgehead atoms. The maximum Gasteiger partial charge on any atom is 0.416 e. The van der Waals surface area contributed by atoms with E-state index in [1.165, 1.54) is 43.5 Å². The highest BCUT2D eigenvalue weighted by Crippen LogP contribution is 2.29. The van der Waals surface area contributed by atoms with Crippen molar-refractivity contribution in [3.05, 3.63) is 94.5 Å². The van der Waals surface area contributed by atoms with Crippen LogP contribution in [-0.2, 0) is 45.0 Å². The predicted molar refractivity (Wildman–Crippen MR) is 141 cm³/mol. The summed E-state index contributed by atoms with van der Waals surface area (Å²) in [5.41, 5.74) is 7.15. The van der Waals surface area contributed by atoms with E-state index in [1.54, 1.807) is 18.2 Å². The van der Waals surface area contributed by atoms with Crippen LogP contribution in [0, 0.1) is 0 Å². The van der Waals surface area contributed by atoms with Gasteiger partial charge in [-0.25, -0.2) is 22.7 Å². The Balaban J connectivity index is 1.53. The average molecular weight is 579 g/mol. The molecule has 3 N–H and O–H groups in total. The predicted octanol–water partition coefficient (Wildman–Crippen LogP) is 4.05. The molecule has 3 aromatic carbocycles. The first-order chi connectivity index (χ1) is 18.8. The highest BCUT2D eigenvalue weighted by molar-refractivity contribution is 7.89. The molecule has 0 radical (unpaired) electrons. The molecule has 0 heterocycles. The Labute approximate surface area is 230 Å². The van der Waals surface area contributed by atoms with Crippen LogP contribution in [0.25, 0.3) is 0 Å². The van der Waals surface area contributed by atoms with E-state index in [4.69, 9.17) is 15.2 Å². The number of nitrogens with one attached hydrogen (secondary N) is 1. The average Bonchev–Trinajstić information content (AvgIpc) is 2.92. The van der Waals surface area contributed by atoms with Crippen LogP contribution in [0.15, 0.2) is 71.6 Å². The fraction of sp³-hybridized carbons (Fsp3) is 0.286. The third kappa shape index (κ3) is 8.13. The summed E-state index contributed by atoms with van der Waals surface area (Å²) in [6, 6.07) is 14.0. The SMILES string of the molecule is CCc1ccc(S(=O)(=O)NCCc2ccc(OC(=O)[C@@H](N)Cc3ccc(C(F)(F)F)cc3)cc2)cc1C(=O)OC. The summed E-state index contributed by atoms with van der Waals surface area (Å²) in [5.74, 6) is -1.15. The molecule has 0 aromatic heterocycles. The molecule has 0 saturated heterocycles. The summed E-state index contributed by atoms with van der Waals surface area (Å²) in [4.78, 5) is 24.3. The van der Waals surface area contributed by atoms with Crippen molar-refractivity contribution in [3.63, 3.8) is 0 Å². The highest BCUT2D eigenvalue weighted by atomic mass is 32.2. The quantitative estimate of drug-likeness (QED) is 0.260. The van der Waals surface area contributed by atoms with Crippen LogP contribution in [-0.4, -0.2) is 40.1 Å². The largest absolute Gasteiger partial charge is 0.465 e. The number of ether oxygens (including phenoxy) is 2. The monoisotopic (exact) mass is 578 g/mol. The number of esters is 2. The Bertz CT molecular complexity index is 1440. The van der Waals surface area contributed by atoms with E-state index in [0.29, 0.717) is 24.0 Å². The van der Waals surface area contributed by atoms with Crippen LogP contribution in [0.5, 0.6) is 5.75 Å². The number of rotatable bonds is 11. The number of carbonyl (C=O) groups excluding carboxylic acids is 2. The van der Waals surface area contributed by atoms with E-state index < -0.39 is 39.7 Å². The van der Waals surface area contributed by atoms with Crippen molar-refractivity contribution in [2.45, 2.75) is 43.3 Å². The molecular weight excluding hydrogens is 549 g/mol. The van der Waals surface area contributed by atoms with E-state index in [-0.39, 0.29) is 29.2 Å². The number of hydrogen-bond donors (Lipinski definition) is 2. The van der Waals surface area contributed by atoms with Crippen LogP contribution in [0.3, 0.4) is 0 Å². The van der Waals surface area contributed by atoms with Gasteiger partial charge in [0.05, 0.1) is 23.1 Å². The lowest BCUT2D eigenvalue weighted by molar-refractivity contribution is -0.138. The zero-order valence-electron chi connectivity index (χ0n) is 21.8. The number of halogens is 3. The lowest BCUT2D eigenvalue weighted by Crippen LogP contribution is -2.36. The number of hydrogen-bond acceptors (Lipinski definition) is 7. The van der Waals surface area contributed by atoms with Gasteiger partial charge in [0.15, 0.2) is 0 Å². The van der Waals surface area contributed by atoms with Crippen LogP contribution in [0.4, 0.5) is 13.2 Å². The first-order valence-corrected chi connectivity index (χ1v) is 13.8. The third-order valence-corrected chi connectivity index (χ3v) is 7.52. The number of methoxy groups -OCH3 is 1. The Morgan fingerprint density at radius 1 is 0.975 bits per heavy atom. The second-order valence-electron chi connectivity index (χ2n) is 8.88. The van der Waals surface area contributed by atoms with Gasteiger partial charge in [0.2, 0.25) is 10.0 Å². The fourth-order valence-electron chi connectivity index (χ4n) is 3.83. The minimum atomic E-state index is -4.45. The fourth-order valence-corrected chi connectivity index (χ4v) is 4.88. The Kier molecular flexibility index (Phi) is 10.1. The van der Waals surface area contributed by atoms with Crippen LogP contribution in [0.1, 0.15) is 39.5 Å². The second-order valence-corrected chi connectivity index (χ2v) is 10.6. The highest BCUT2D eigenvalue weighted by Gasteiger charge is 2.30. The van der Waals surface area contributed by atoms with Gasteiger partial charge in [0.25, 0.3) is 0 Å².